The Balaban J connectivity index is 0.000000213. The van der Waals surface area contributed by atoms with Gasteiger partial charge in [-0.2, -0.15) is 21.6 Å². The van der Waals surface area contributed by atoms with Crippen molar-refractivity contribution in [2.24, 2.45) is 0 Å². The number of nitrogens with one attached hydrogen (secondary N) is 2. The predicted molar refractivity (Wildman–Crippen MR) is 120 cm³/mol. The van der Waals surface area contributed by atoms with Gasteiger partial charge in [0, 0.05) is 31.3 Å². The zero-order chi connectivity index (χ0) is 24.4. The van der Waals surface area contributed by atoms with Gasteiger partial charge in [0.2, 0.25) is 0 Å². The largest absolute Gasteiger partial charge is 0.522 e. The highest BCUT2D eigenvalue weighted by atomic mass is 32.2. The summed E-state index contributed by atoms with van der Waals surface area (Å²) in [5, 5.41) is 6.57. The second kappa shape index (κ2) is 12.3. The third kappa shape index (κ3) is 8.22. The van der Waals surface area contributed by atoms with Crippen molar-refractivity contribution >= 4 is 15.9 Å². The molecule has 2 aromatic rings. The van der Waals surface area contributed by atoms with E-state index in [0.717, 1.165) is 39.0 Å². The molecule has 4 rings (SSSR count). The molecule has 33 heavy (non-hydrogen) atoms. The molecule has 0 aromatic heterocycles. The van der Waals surface area contributed by atoms with Crippen LogP contribution < -0.4 is 10.6 Å². The average molecular weight is 487 g/mol. The minimum absolute atomic E-state index is 0.202. The first-order chi connectivity index (χ1) is 15.6. The SMILES string of the molecule is O=C1CCNCC1.O=S(=O)(O)C(F)(F)F.c1ccc(C2(c3ccccc3)CCNCC2)cc1. The Labute approximate surface area is 192 Å². The second-order valence-electron chi connectivity index (χ2n) is 7.77. The van der Waals surface area contributed by atoms with Gasteiger partial charge in [-0.05, 0) is 37.1 Å². The molecule has 2 aliphatic heterocycles. The van der Waals surface area contributed by atoms with Crippen molar-refractivity contribution in [2.45, 2.75) is 36.6 Å². The molecule has 0 aliphatic carbocycles. The molecule has 0 spiro atoms. The number of carbonyl (C=O) groups excluding carboxylic acids is 1. The Hall–Kier alpha value is -2.27. The van der Waals surface area contributed by atoms with Crippen molar-refractivity contribution in [3.8, 4) is 0 Å². The molecule has 0 radical (unpaired) electrons. The molecular formula is C23H29F3N2O4S. The quantitative estimate of drug-likeness (QED) is 0.443. The van der Waals surface area contributed by atoms with Gasteiger partial charge in [-0.15, -0.1) is 0 Å². The maximum absolute atomic E-state index is 10.7. The number of hydrogen-bond donors (Lipinski definition) is 3. The monoisotopic (exact) mass is 486 g/mol. The van der Waals surface area contributed by atoms with Crippen LogP contribution in [0.4, 0.5) is 13.2 Å². The summed E-state index contributed by atoms with van der Waals surface area (Å²) in [7, 11) is -5.84. The van der Waals surface area contributed by atoms with Gasteiger partial charge in [0.15, 0.2) is 0 Å². The minimum Gasteiger partial charge on any atom is -0.317 e. The number of carbonyl (C=O) groups is 1. The Kier molecular flexibility index (Phi) is 10.0. The first-order valence-corrected chi connectivity index (χ1v) is 12.1. The zero-order valence-electron chi connectivity index (χ0n) is 18.1. The number of hydrogen-bond acceptors (Lipinski definition) is 5. The van der Waals surface area contributed by atoms with Crippen molar-refractivity contribution in [1.29, 1.82) is 0 Å². The molecule has 2 fully saturated rings. The first-order valence-electron chi connectivity index (χ1n) is 10.6. The number of Topliss-reactive ketones (excluding diaryl/α,β-unsaturated/α-hetero) is 1. The van der Waals surface area contributed by atoms with Gasteiger partial charge in [-0.1, -0.05) is 60.7 Å². The number of halogens is 3. The Morgan fingerprint density at radius 1 is 0.758 bits per heavy atom. The van der Waals surface area contributed by atoms with E-state index in [0.29, 0.717) is 5.78 Å². The van der Waals surface area contributed by atoms with E-state index >= 15 is 0 Å². The minimum atomic E-state index is -5.84. The fourth-order valence-corrected chi connectivity index (χ4v) is 3.82. The van der Waals surface area contributed by atoms with Crippen molar-refractivity contribution in [1.82, 2.24) is 10.6 Å². The van der Waals surface area contributed by atoms with Crippen LogP contribution in [0.2, 0.25) is 0 Å². The highest BCUT2D eigenvalue weighted by Gasteiger charge is 2.44. The van der Waals surface area contributed by atoms with E-state index in [2.05, 4.69) is 71.3 Å². The van der Waals surface area contributed by atoms with Crippen LogP contribution in [0.15, 0.2) is 60.7 Å². The van der Waals surface area contributed by atoms with Crippen LogP contribution in [0.1, 0.15) is 36.8 Å². The number of alkyl halides is 3. The van der Waals surface area contributed by atoms with E-state index in [9.17, 15) is 18.0 Å². The third-order valence-electron chi connectivity index (χ3n) is 5.56. The fourth-order valence-electron chi connectivity index (χ4n) is 3.82. The van der Waals surface area contributed by atoms with Crippen LogP contribution in [0.3, 0.4) is 0 Å². The summed E-state index contributed by atoms with van der Waals surface area (Å²) in [6.07, 6.45) is 3.84. The molecule has 2 saturated heterocycles. The van der Waals surface area contributed by atoms with E-state index in [1.807, 2.05) is 0 Å². The molecule has 2 heterocycles. The van der Waals surface area contributed by atoms with Crippen LogP contribution in [-0.2, 0) is 20.3 Å². The van der Waals surface area contributed by atoms with Crippen molar-refractivity contribution in [3.05, 3.63) is 71.8 Å². The van der Waals surface area contributed by atoms with Crippen molar-refractivity contribution in [2.75, 3.05) is 26.2 Å². The number of ketones is 1. The maximum Gasteiger partial charge on any atom is 0.522 e. The normalized spacial score (nSPS) is 18.2. The lowest BCUT2D eigenvalue weighted by atomic mass is 9.68. The zero-order valence-corrected chi connectivity index (χ0v) is 19.0. The predicted octanol–water partition coefficient (Wildman–Crippen LogP) is 3.69. The lowest BCUT2D eigenvalue weighted by Gasteiger charge is -2.39. The molecule has 0 saturated carbocycles. The number of rotatable bonds is 2. The summed E-state index contributed by atoms with van der Waals surface area (Å²) in [5.74, 6) is 0.402. The molecule has 3 N–H and O–H groups in total. The molecule has 2 aliphatic rings. The molecule has 0 unspecified atom stereocenters. The van der Waals surface area contributed by atoms with E-state index < -0.39 is 15.6 Å². The van der Waals surface area contributed by atoms with Crippen LogP contribution in [-0.4, -0.2) is 50.4 Å². The first kappa shape index (κ1) is 27.0. The standard InChI is InChI=1S/C17H19N.C5H9NO.CHF3O3S/c1-3-7-15(8-4-1)17(11-13-18-14-12-17)16-9-5-2-6-10-16;7-5-1-3-6-4-2-5;2-1(3,4)8(5,6)7/h1-10,18H,11-14H2;6H,1-4H2;(H,5,6,7). The van der Waals surface area contributed by atoms with Crippen molar-refractivity contribution in [3.63, 3.8) is 0 Å². The Morgan fingerprint density at radius 3 is 1.42 bits per heavy atom. The lowest BCUT2D eigenvalue weighted by Crippen LogP contribution is -2.40. The van der Waals surface area contributed by atoms with Gasteiger partial charge in [0.25, 0.3) is 0 Å². The Bertz CT molecular complexity index is 913. The summed E-state index contributed by atoms with van der Waals surface area (Å²) in [4.78, 5) is 10.4. The van der Waals surface area contributed by atoms with Crippen LogP contribution in [0.25, 0.3) is 0 Å². The molecule has 182 valence electrons. The van der Waals surface area contributed by atoms with Crippen LogP contribution in [0, 0.1) is 0 Å². The van der Waals surface area contributed by atoms with Gasteiger partial charge in [-0.25, -0.2) is 0 Å². The second-order valence-corrected chi connectivity index (χ2v) is 9.19. The molecule has 0 atom stereocenters. The summed E-state index contributed by atoms with van der Waals surface area (Å²) in [6.45, 7) is 3.98. The average Bonchev–Trinajstić information content (AvgIpc) is 2.81. The molecule has 2 aromatic carbocycles. The molecule has 6 nitrogen and oxygen atoms in total. The topological polar surface area (TPSA) is 95.5 Å². The smallest absolute Gasteiger partial charge is 0.317 e. The van der Waals surface area contributed by atoms with Crippen LogP contribution in [0.5, 0.6) is 0 Å². The lowest BCUT2D eigenvalue weighted by molar-refractivity contribution is -0.119. The summed E-state index contributed by atoms with van der Waals surface area (Å²) in [5.41, 5.74) is -2.42. The molecule has 10 heteroatoms. The number of piperidine rings is 2. The van der Waals surface area contributed by atoms with E-state index in [-0.39, 0.29) is 5.41 Å². The van der Waals surface area contributed by atoms with Crippen molar-refractivity contribution < 1.29 is 30.9 Å². The van der Waals surface area contributed by atoms with E-state index in [1.165, 1.54) is 24.0 Å². The van der Waals surface area contributed by atoms with Gasteiger partial charge in [0.1, 0.15) is 5.78 Å². The van der Waals surface area contributed by atoms with Gasteiger partial charge in [0.05, 0.1) is 0 Å². The third-order valence-corrected chi connectivity index (χ3v) is 6.15. The highest BCUT2D eigenvalue weighted by Crippen LogP contribution is 2.39. The maximum atomic E-state index is 10.7. The summed E-state index contributed by atoms with van der Waals surface area (Å²) in [6, 6.07) is 21.9. The molecule has 0 bridgehead atoms. The van der Waals surface area contributed by atoms with E-state index in [4.69, 9.17) is 13.0 Å². The van der Waals surface area contributed by atoms with Gasteiger partial charge in [-0.3, -0.25) is 9.35 Å². The summed E-state index contributed by atoms with van der Waals surface area (Å²) >= 11 is 0. The highest BCUT2D eigenvalue weighted by molar-refractivity contribution is 7.86. The summed E-state index contributed by atoms with van der Waals surface area (Å²) < 4.78 is 57.5. The van der Waals surface area contributed by atoms with Gasteiger partial charge < -0.3 is 10.6 Å². The Morgan fingerprint density at radius 2 is 1.12 bits per heavy atom. The van der Waals surface area contributed by atoms with Gasteiger partial charge >= 0.3 is 15.6 Å². The molecular weight excluding hydrogens is 457 g/mol. The fraction of sp³-hybridized carbons (Fsp3) is 0.435. The molecule has 0 amide bonds. The number of benzene rings is 2. The van der Waals surface area contributed by atoms with E-state index in [1.54, 1.807) is 0 Å². The van der Waals surface area contributed by atoms with Crippen LogP contribution >= 0.6 is 0 Å².